The third-order valence-electron chi connectivity index (χ3n) is 5.59. The number of hydrogen-bond acceptors (Lipinski definition) is 5. The first-order chi connectivity index (χ1) is 13.8. The second-order valence-electron chi connectivity index (χ2n) is 7.60. The summed E-state index contributed by atoms with van der Waals surface area (Å²) < 4.78 is 0. The van der Waals surface area contributed by atoms with E-state index in [1.54, 1.807) is 16.2 Å². The van der Waals surface area contributed by atoms with Crippen molar-refractivity contribution in [1.29, 1.82) is 0 Å². The van der Waals surface area contributed by atoms with Crippen molar-refractivity contribution >= 4 is 27.4 Å². The summed E-state index contributed by atoms with van der Waals surface area (Å²) in [6, 6.07) is 10.4. The van der Waals surface area contributed by atoms with Crippen molar-refractivity contribution in [2.24, 2.45) is 0 Å². The molecular weight excluding hydrogens is 368 g/mol. The minimum atomic E-state index is -0.00296. The van der Waals surface area contributed by atoms with Gasteiger partial charge in [-0.15, -0.1) is 11.3 Å². The largest absolute Gasteiger partial charge is 0.394 e. The topological polar surface area (TPSA) is 62.5 Å². The molecule has 0 aliphatic carbocycles. The Hall–Kier alpha value is -2.02. The predicted molar refractivity (Wildman–Crippen MR) is 116 cm³/mol. The molecule has 6 heteroatoms. The quantitative estimate of drug-likeness (QED) is 0.573. The van der Waals surface area contributed by atoms with Crippen molar-refractivity contribution < 1.29 is 10.0 Å². The molecule has 0 unspecified atom stereocenters. The van der Waals surface area contributed by atoms with Crippen molar-refractivity contribution in [3.05, 3.63) is 41.5 Å². The molecule has 1 aromatic carbocycles. The lowest BCUT2D eigenvalue weighted by molar-refractivity contribution is -0.919. The zero-order valence-electron chi connectivity index (χ0n) is 16.4. The average Bonchev–Trinajstić information content (AvgIpc) is 3.17. The minimum absolute atomic E-state index is 0.00296. The zero-order chi connectivity index (χ0) is 19.3. The summed E-state index contributed by atoms with van der Waals surface area (Å²) in [4.78, 5) is 12.5. The van der Waals surface area contributed by atoms with Crippen LogP contribution >= 0.6 is 11.3 Å². The van der Waals surface area contributed by atoms with Crippen LogP contribution in [-0.4, -0.2) is 40.8 Å². The fraction of sp³-hybridized carbons (Fsp3) is 0.455. The van der Waals surface area contributed by atoms with E-state index in [-0.39, 0.29) is 12.6 Å². The van der Waals surface area contributed by atoms with Gasteiger partial charge in [0.15, 0.2) is 5.82 Å². The van der Waals surface area contributed by atoms with Crippen molar-refractivity contribution in [2.45, 2.75) is 45.2 Å². The number of rotatable bonds is 7. The van der Waals surface area contributed by atoms with E-state index in [0.29, 0.717) is 0 Å². The van der Waals surface area contributed by atoms with E-state index in [0.717, 1.165) is 40.4 Å². The van der Waals surface area contributed by atoms with Crippen LogP contribution in [0.4, 0.5) is 5.82 Å². The number of aliphatic hydroxyl groups is 1. The monoisotopic (exact) mass is 397 g/mol. The maximum atomic E-state index is 9.72. The molecule has 1 aliphatic heterocycles. The third-order valence-corrected chi connectivity index (χ3v) is 6.46. The molecule has 1 saturated heterocycles. The summed E-state index contributed by atoms with van der Waals surface area (Å²) in [7, 11) is 0. The number of benzene rings is 1. The minimum Gasteiger partial charge on any atom is -0.394 e. The molecule has 1 fully saturated rings. The van der Waals surface area contributed by atoms with Gasteiger partial charge in [0.05, 0.1) is 31.1 Å². The zero-order valence-corrected chi connectivity index (χ0v) is 17.3. The molecular formula is C22H29N4OS+. The van der Waals surface area contributed by atoms with Gasteiger partial charge in [0.25, 0.3) is 0 Å². The fourth-order valence-corrected chi connectivity index (χ4v) is 4.89. The van der Waals surface area contributed by atoms with Gasteiger partial charge in [0.1, 0.15) is 17.2 Å². The van der Waals surface area contributed by atoms with E-state index >= 15 is 0 Å². The van der Waals surface area contributed by atoms with Crippen LogP contribution in [0.1, 0.15) is 38.4 Å². The SMILES string of the molecule is CC[C@H](CO)Nc1nc(C[NH+]2CCCCC2)nc2scc(-c3ccccc3)c12. The molecule has 4 rings (SSSR count). The molecule has 5 nitrogen and oxygen atoms in total. The van der Waals surface area contributed by atoms with Crippen LogP contribution in [0.15, 0.2) is 35.7 Å². The maximum Gasteiger partial charge on any atom is 0.187 e. The molecule has 148 valence electrons. The molecule has 0 spiro atoms. The molecule has 0 amide bonds. The number of piperidine rings is 1. The lowest BCUT2D eigenvalue weighted by Crippen LogP contribution is -3.11. The molecule has 0 saturated carbocycles. The van der Waals surface area contributed by atoms with Gasteiger partial charge in [-0.25, -0.2) is 9.97 Å². The van der Waals surface area contributed by atoms with E-state index in [4.69, 9.17) is 9.97 Å². The Kier molecular flexibility index (Phi) is 6.20. The van der Waals surface area contributed by atoms with Crippen LogP contribution in [0.3, 0.4) is 0 Å². The van der Waals surface area contributed by atoms with Gasteiger partial charge in [-0.3, -0.25) is 0 Å². The molecule has 1 aliphatic rings. The van der Waals surface area contributed by atoms with Gasteiger partial charge in [0, 0.05) is 10.9 Å². The van der Waals surface area contributed by atoms with Crippen LogP contribution in [0.25, 0.3) is 21.3 Å². The maximum absolute atomic E-state index is 9.72. The van der Waals surface area contributed by atoms with Gasteiger partial charge in [-0.1, -0.05) is 37.3 Å². The van der Waals surface area contributed by atoms with Gasteiger partial charge in [0.2, 0.25) is 0 Å². The number of aromatic nitrogens is 2. The van der Waals surface area contributed by atoms with Crippen LogP contribution in [0.5, 0.6) is 0 Å². The fourth-order valence-electron chi connectivity index (χ4n) is 3.92. The second-order valence-corrected chi connectivity index (χ2v) is 8.46. The predicted octanol–water partition coefficient (Wildman–Crippen LogP) is 3.11. The average molecular weight is 398 g/mol. The van der Waals surface area contributed by atoms with E-state index in [9.17, 15) is 5.11 Å². The Labute approximate surface area is 170 Å². The number of thiophene rings is 1. The van der Waals surface area contributed by atoms with Crippen molar-refractivity contribution in [3.63, 3.8) is 0 Å². The van der Waals surface area contributed by atoms with Gasteiger partial charge in [-0.05, 0) is 31.2 Å². The molecule has 3 heterocycles. The molecule has 2 aromatic heterocycles. The number of hydrogen-bond donors (Lipinski definition) is 3. The Morgan fingerprint density at radius 2 is 1.93 bits per heavy atom. The summed E-state index contributed by atoms with van der Waals surface area (Å²) in [5, 5.41) is 16.5. The Bertz CT molecular complexity index is 902. The summed E-state index contributed by atoms with van der Waals surface area (Å²) in [6.45, 7) is 5.46. The lowest BCUT2D eigenvalue weighted by Gasteiger charge is -2.23. The number of anilines is 1. The van der Waals surface area contributed by atoms with Crippen LogP contribution in [0.2, 0.25) is 0 Å². The molecule has 0 bridgehead atoms. The van der Waals surface area contributed by atoms with Gasteiger partial charge < -0.3 is 15.3 Å². The van der Waals surface area contributed by atoms with Crippen LogP contribution in [0, 0.1) is 0 Å². The Morgan fingerprint density at radius 1 is 1.14 bits per heavy atom. The summed E-state index contributed by atoms with van der Waals surface area (Å²) in [5.41, 5.74) is 2.33. The standard InChI is InChI=1S/C22H28N4OS/c1-2-17(14-27)23-21-20-18(16-9-5-3-6-10-16)15-28-22(20)25-19(24-21)13-26-11-7-4-8-12-26/h3,5-6,9-10,15,17,27H,2,4,7-8,11-14H2,1H3,(H,23,24,25)/p+1/t17-/m1/s1. The first-order valence-corrected chi connectivity index (χ1v) is 11.2. The van der Waals surface area contributed by atoms with E-state index < -0.39 is 0 Å². The Balaban J connectivity index is 1.75. The second kappa shape index (κ2) is 8.99. The highest BCUT2D eigenvalue weighted by molar-refractivity contribution is 7.17. The number of quaternary nitrogens is 1. The smallest absolute Gasteiger partial charge is 0.187 e. The highest BCUT2D eigenvalue weighted by Crippen LogP contribution is 2.37. The molecule has 3 aromatic rings. The summed E-state index contributed by atoms with van der Waals surface area (Å²) in [5.74, 6) is 1.76. The van der Waals surface area contributed by atoms with Crippen LogP contribution < -0.4 is 10.2 Å². The third kappa shape index (κ3) is 4.19. The molecule has 1 atom stereocenters. The summed E-state index contributed by atoms with van der Waals surface area (Å²) >= 11 is 1.68. The van der Waals surface area contributed by atoms with E-state index in [1.165, 1.54) is 37.9 Å². The molecule has 0 radical (unpaired) electrons. The van der Waals surface area contributed by atoms with Crippen LogP contribution in [-0.2, 0) is 6.54 Å². The Morgan fingerprint density at radius 3 is 2.64 bits per heavy atom. The van der Waals surface area contributed by atoms with Crippen molar-refractivity contribution in [1.82, 2.24) is 9.97 Å². The number of nitrogens with zero attached hydrogens (tertiary/aromatic N) is 2. The first kappa shape index (κ1) is 19.3. The van der Waals surface area contributed by atoms with E-state index in [2.05, 4.69) is 41.9 Å². The van der Waals surface area contributed by atoms with Gasteiger partial charge >= 0.3 is 0 Å². The highest BCUT2D eigenvalue weighted by atomic mass is 32.1. The van der Waals surface area contributed by atoms with E-state index in [1.807, 2.05) is 6.07 Å². The van der Waals surface area contributed by atoms with Gasteiger partial charge in [-0.2, -0.15) is 0 Å². The molecule has 28 heavy (non-hydrogen) atoms. The number of likely N-dealkylation sites (tertiary alicyclic amines) is 1. The highest BCUT2D eigenvalue weighted by Gasteiger charge is 2.20. The number of fused-ring (bicyclic) bond motifs is 1. The molecule has 3 N–H and O–H groups in total. The normalized spacial score (nSPS) is 16.4. The van der Waals surface area contributed by atoms with Crippen molar-refractivity contribution in [3.8, 4) is 11.1 Å². The lowest BCUT2D eigenvalue weighted by atomic mass is 10.1. The number of aliphatic hydroxyl groups excluding tert-OH is 1. The van der Waals surface area contributed by atoms with Crippen molar-refractivity contribution in [2.75, 3.05) is 25.0 Å². The number of nitrogens with one attached hydrogen (secondary N) is 2. The summed E-state index contributed by atoms with van der Waals surface area (Å²) in [6.07, 6.45) is 4.78. The first-order valence-electron chi connectivity index (χ1n) is 10.3.